The summed E-state index contributed by atoms with van der Waals surface area (Å²) < 4.78 is 3.80. The molecule has 0 amide bonds. The van der Waals surface area contributed by atoms with Crippen molar-refractivity contribution in [3.8, 4) is 5.69 Å². The molecule has 2 aromatic heterocycles. The van der Waals surface area contributed by atoms with Gasteiger partial charge in [0.15, 0.2) is 5.96 Å². The molecule has 1 aromatic carbocycles. The van der Waals surface area contributed by atoms with Gasteiger partial charge in [-0.1, -0.05) is 18.2 Å². The Morgan fingerprint density at radius 1 is 1.21 bits per heavy atom. The Labute approximate surface area is 183 Å². The van der Waals surface area contributed by atoms with Crippen LogP contribution in [0.3, 0.4) is 0 Å². The lowest BCUT2D eigenvalue weighted by Gasteiger charge is -2.21. The van der Waals surface area contributed by atoms with Crippen LogP contribution in [0, 0.1) is 13.8 Å². The Bertz CT molecular complexity index is 927. The third kappa shape index (κ3) is 4.92. The van der Waals surface area contributed by atoms with E-state index in [-0.39, 0.29) is 24.0 Å². The maximum absolute atomic E-state index is 4.47. The summed E-state index contributed by atoms with van der Waals surface area (Å²) in [7, 11) is 5.80. The van der Waals surface area contributed by atoms with E-state index >= 15 is 0 Å². The Balaban J connectivity index is 0.00000280. The van der Waals surface area contributed by atoms with Crippen LogP contribution in [0.25, 0.3) is 5.69 Å². The number of para-hydroxylation sites is 1. The second-order valence-electron chi connectivity index (χ2n) is 6.66. The molecule has 0 radical (unpaired) electrons. The number of aromatic nitrogens is 4. The van der Waals surface area contributed by atoms with Gasteiger partial charge >= 0.3 is 0 Å². The van der Waals surface area contributed by atoms with E-state index in [1.807, 2.05) is 66.9 Å². The average Bonchev–Trinajstić information content (AvgIpc) is 3.22. The van der Waals surface area contributed by atoms with E-state index in [9.17, 15) is 0 Å². The molecule has 3 aromatic rings. The van der Waals surface area contributed by atoms with Crippen molar-refractivity contribution in [2.24, 2.45) is 12.0 Å². The van der Waals surface area contributed by atoms with Gasteiger partial charge in [0.25, 0.3) is 0 Å². The van der Waals surface area contributed by atoms with Gasteiger partial charge in [0, 0.05) is 57.3 Å². The van der Waals surface area contributed by atoms with Crippen LogP contribution in [0.4, 0.5) is 0 Å². The van der Waals surface area contributed by atoms with Crippen LogP contribution < -0.4 is 5.32 Å². The first kappa shape index (κ1) is 21.9. The molecular formula is C20H28IN7. The highest BCUT2D eigenvalue weighted by molar-refractivity contribution is 14.0. The summed E-state index contributed by atoms with van der Waals surface area (Å²) in [6, 6.07) is 10.1. The van der Waals surface area contributed by atoms with Gasteiger partial charge < -0.3 is 10.2 Å². The molecule has 0 spiro atoms. The zero-order chi connectivity index (χ0) is 19.4. The molecule has 0 bridgehead atoms. The third-order valence-corrected chi connectivity index (χ3v) is 4.73. The van der Waals surface area contributed by atoms with Gasteiger partial charge in [0.2, 0.25) is 0 Å². The molecule has 8 heteroatoms. The lowest BCUT2D eigenvalue weighted by atomic mass is 10.2. The average molecular weight is 493 g/mol. The predicted octanol–water partition coefficient (Wildman–Crippen LogP) is 3.05. The Hall–Kier alpha value is -2.36. The van der Waals surface area contributed by atoms with Crippen molar-refractivity contribution >= 4 is 29.9 Å². The Morgan fingerprint density at radius 2 is 1.93 bits per heavy atom. The molecule has 0 saturated heterocycles. The van der Waals surface area contributed by atoms with Crippen molar-refractivity contribution in [1.29, 1.82) is 0 Å². The summed E-state index contributed by atoms with van der Waals surface area (Å²) in [6.45, 7) is 5.54. The minimum absolute atomic E-state index is 0. The number of aliphatic imine (C=N–C) groups is 1. The van der Waals surface area contributed by atoms with Crippen LogP contribution in [0.2, 0.25) is 0 Å². The SMILES string of the molecule is CN=C(NCc1c(C)nn(C)c1C)N(C)Cc1cnn(-c2ccccc2)c1.I. The zero-order valence-corrected chi connectivity index (χ0v) is 19.4. The first-order valence-corrected chi connectivity index (χ1v) is 8.99. The van der Waals surface area contributed by atoms with Crippen LogP contribution >= 0.6 is 24.0 Å². The number of rotatable bonds is 5. The standard InChI is InChI=1S/C20H27N7.HI/c1-15-19(16(2)26(5)24-15)12-22-20(21-3)25(4)13-17-11-23-27(14-17)18-9-7-6-8-10-18;/h6-11,14H,12-13H2,1-5H3,(H,21,22);1H. The smallest absolute Gasteiger partial charge is 0.193 e. The van der Waals surface area contributed by atoms with Crippen LogP contribution in [-0.2, 0) is 20.1 Å². The van der Waals surface area contributed by atoms with E-state index < -0.39 is 0 Å². The van der Waals surface area contributed by atoms with E-state index in [1.165, 1.54) is 11.3 Å². The van der Waals surface area contributed by atoms with Crippen LogP contribution in [0.5, 0.6) is 0 Å². The summed E-state index contributed by atoms with van der Waals surface area (Å²) in [4.78, 5) is 6.50. The molecular weight excluding hydrogens is 465 g/mol. The molecule has 0 aliphatic rings. The first-order valence-electron chi connectivity index (χ1n) is 8.99. The second kappa shape index (κ2) is 9.72. The maximum atomic E-state index is 4.47. The number of nitrogens with one attached hydrogen (secondary N) is 1. The molecule has 0 aliphatic carbocycles. The maximum Gasteiger partial charge on any atom is 0.193 e. The van der Waals surface area contributed by atoms with Gasteiger partial charge in [0.05, 0.1) is 17.6 Å². The fraction of sp³-hybridized carbons (Fsp3) is 0.350. The van der Waals surface area contributed by atoms with Gasteiger partial charge in [-0.25, -0.2) is 4.68 Å². The number of nitrogens with zero attached hydrogens (tertiary/aromatic N) is 6. The molecule has 150 valence electrons. The number of halogens is 1. The topological polar surface area (TPSA) is 63.3 Å². The number of aryl methyl sites for hydroxylation is 2. The van der Waals surface area contributed by atoms with Gasteiger partial charge in [-0.15, -0.1) is 24.0 Å². The highest BCUT2D eigenvalue weighted by Gasteiger charge is 2.12. The van der Waals surface area contributed by atoms with Gasteiger partial charge in [-0.3, -0.25) is 9.67 Å². The lowest BCUT2D eigenvalue weighted by molar-refractivity contribution is 0.476. The largest absolute Gasteiger partial charge is 0.352 e. The summed E-state index contributed by atoms with van der Waals surface area (Å²) in [6.07, 6.45) is 3.95. The molecule has 0 unspecified atom stereocenters. The van der Waals surface area contributed by atoms with Crippen molar-refractivity contribution in [3.05, 3.63) is 65.2 Å². The predicted molar refractivity (Wildman–Crippen MR) is 123 cm³/mol. The van der Waals surface area contributed by atoms with Crippen molar-refractivity contribution in [2.75, 3.05) is 14.1 Å². The number of hydrogen-bond acceptors (Lipinski definition) is 3. The Morgan fingerprint density at radius 3 is 2.54 bits per heavy atom. The second-order valence-corrected chi connectivity index (χ2v) is 6.66. The zero-order valence-electron chi connectivity index (χ0n) is 17.0. The highest BCUT2D eigenvalue weighted by atomic mass is 127. The monoisotopic (exact) mass is 493 g/mol. The molecule has 0 aliphatic heterocycles. The van der Waals surface area contributed by atoms with Gasteiger partial charge in [-0.05, 0) is 26.0 Å². The molecule has 0 saturated carbocycles. The number of guanidine groups is 1. The minimum atomic E-state index is 0. The summed E-state index contributed by atoms with van der Waals surface area (Å²) >= 11 is 0. The van der Waals surface area contributed by atoms with Crippen molar-refractivity contribution < 1.29 is 0 Å². The van der Waals surface area contributed by atoms with Gasteiger partial charge in [0.1, 0.15) is 0 Å². The van der Waals surface area contributed by atoms with E-state index in [2.05, 4.69) is 38.5 Å². The quantitative estimate of drug-likeness (QED) is 0.337. The third-order valence-electron chi connectivity index (χ3n) is 4.73. The van der Waals surface area contributed by atoms with Crippen LogP contribution in [0.1, 0.15) is 22.5 Å². The summed E-state index contributed by atoms with van der Waals surface area (Å²) in [5, 5.41) is 12.4. The van der Waals surface area contributed by atoms with Crippen LogP contribution in [0.15, 0.2) is 47.7 Å². The lowest BCUT2D eigenvalue weighted by Crippen LogP contribution is -2.38. The van der Waals surface area contributed by atoms with Crippen molar-refractivity contribution in [2.45, 2.75) is 26.9 Å². The molecule has 3 rings (SSSR count). The van der Waals surface area contributed by atoms with E-state index in [0.717, 1.165) is 29.4 Å². The van der Waals surface area contributed by atoms with Crippen molar-refractivity contribution in [1.82, 2.24) is 29.8 Å². The molecule has 1 N–H and O–H groups in total. The Kier molecular flexibility index (Phi) is 7.61. The highest BCUT2D eigenvalue weighted by Crippen LogP contribution is 2.12. The molecule has 7 nitrogen and oxygen atoms in total. The van der Waals surface area contributed by atoms with Crippen LogP contribution in [-0.4, -0.2) is 44.5 Å². The fourth-order valence-corrected chi connectivity index (χ4v) is 3.14. The normalized spacial score (nSPS) is 11.2. The molecule has 0 atom stereocenters. The first-order chi connectivity index (χ1) is 13.0. The molecule has 28 heavy (non-hydrogen) atoms. The molecule has 2 heterocycles. The number of hydrogen-bond donors (Lipinski definition) is 1. The molecule has 0 fully saturated rings. The minimum Gasteiger partial charge on any atom is -0.352 e. The summed E-state index contributed by atoms with van der Waals surface area (Å²) in [5.74, 6) is 0.838. The fourth-order valence-electron chi connectivity index (χ4n) is 3.14. The van der Waals surface area contributed by atoms with E-state index in [0.29, 0.717) is 6.54 Å². The number of benzene rings is 1. The van der Waals surface area contributed by atoms with Crippen molar-refractivity contribution in [3.63, 3.8) is 0 Å². The van der Waals surface area contributed by atoms with E-state index in [1.54, 1.807) is 7.05 Å². The van der Waals surface area contributed by atoms with Gasteiger partial charge in [-0.2, -0.15) is 10.2 Å². The van der Waals surface area contributed by atoms with E-state index in [4.69, 9.17) is 0 Å². The summed E-state index contributed by atoms with van der Waals surface area (Å²) in [5.41, 5.74) is 5.60.